The number of rotatable bonds is 12. The van der Waals surface area contributed by atoms with E-state index in [-0.39, 0.29) is 13.2 Å². The zero-order valence-electron chi connectivity index (χ0n) is 20.2. The first-order valence-corrected chi connectivity index (χ1v) is 11.6. The van der Waals surface area contributed by atoms with Gasteiger partial charge < -0.3 is 14.3 Å². The largest absolute Gasteiger partial charge is 0.463 e. The number of benzene rings is 3. The predicted molar refractivity (Wildman–Crippen MR) is 135 cm³/mol. The average Bonchev–Trinajstić information content (AvgIpc) is 2.90. The summed E-state index contributed by atoms with van der Waals surface area (Å²) >= 11 is 0. The van der Waals surface area contributed by atoms with Gasteiger partial charge in [-0.25, -0.2) is 9.18 Å². The minimum Gasteiger partial charge on any atom is -0.463 e. The lowest BCUT2D eigenvalue weighted by Crippen LogP contribution is -2.16. The second-order valence-electron chi connectivity index (χ2n) is 8.08. The number of hydrogen-bond donors (Lipinski definition) is 0. The van der Waals surface area contributed by atoms with E-state index < -0.39 is 28.8 Å². The summed E-state index contributed by atoms with van der Waals surface area (Å²) in [5.74, 6) is -1.86. The van der Waals surface area contributed by atoms with Crippen LogP contribution in [-0.2, 0) is 19.2 Å². The normalized spacial score (nSPS) is 11.6. The Labute approximate surface area is 213 Å². The van der Waals surface area contributed by atoms with Gasteiger partial charge in [-0.3, -0.25) is 4.79 Å². The molecule has 1 atom stereocenters. The summed E-state index contributed by atoms with van der Waals surface area (Å²) < 4.78 is 25.1. The first-order valence-electron chi connectivity index (χ1n) is 11.6. The topological polar surface area (TPSA) is 105 Å². The number of carbonyl (C=O) groups is 2. The van der Waals surface area contributed by atoms with Crippen molar-refractivity contribution in [3.63, 3.8) is 0 Å². The van der Waals surface area contributed by atoms with Gasteiger partial charge in [-0.2, -0.15) is 0 Å². The Bertz CT molecular complexity index is 1240. The highest BCUT2D eigenvalue weighted by Crippen LogP contribution is 2.27. The van der Waals surface area contributed by atoms with Crippen LogP contribution < -0.4 is 4.74 Å². The summed E-state index contributed by atoms with van der Waals surface area (Å²) in [5.41, 5.74) is 2.40. The Balaban J connectivity index is 1.48. The molecule has 0 bridgehead atoms. The van der Waals surface area contributed by atoms with E-state index in [0.717, 1.165) is 5.56 Å². The minimum atomic E-state index is -0.868. The van der Waals surface area contributed by atoms with Crippen molar-refractivity contribution in [2.24, 2.45) is 0 Å². The molecule has 0 saturated heterocycles. The zero-order valence-corrected chi connectivity index (χ0v) is 20.2. The fourth-order valence-electron chi connectivity index (χ4n) is 3.37. The maximum Gasteiger partial charge on any atom is 0.330 e. The van der Waals surface area contributed by atoms with Gasteiger partial charge in [0.05, 0.1) is 19.1 Å². The molecular weight excluding hydrogens is 481 g/mol. The van der Waals surface area contributed by atoms with Crippen molar-refractivity contribution < 1.29 is 33.4 Å². The van der Waals surface area contributed by atoms with Crippen molar-refractivity contribution in [1.82, 2.24) is 0 Å². The summed E-state index contributed by atoms with van der Waals surface area (Å²) in [6.07, 6.45) is 3.63. The molecule has 0 aliphatic heterocycles. The molecular formula is C28H26FNO7. The molecule has 0 heterocycles. The van der Waals surface area contributed by atoms with Crippen molar-refractivity contribution in [2.75, 3.05) is 13.2 Å². The van der Waals surface area contributed by atoms with Crippen LogP contribution in [0.4, 0.5) is 4.39 Å². The Morgan fingerprint density at radius 2 is 1.70 bits per heavy atom. The highest BCUT2D eigenvalue weighted by molar-refractivity contribution is 5.87. The number of nitrogens with zero attached hydrogens (tertiary/aromatic N) is 1. The van der Waals surface area contributed by atoms with Gasteiger partial charge in [0, 0.05) is 11.6 Å². The number of unbranched alkanes of at least 4 members (excludes halogenated alkanes) is 1. The van der Waals surface area contributed by atoms with Gasteiger partial charge in [0.1, 0.15) is 11.6 Å². The lowest BCUT2D eigenvalue weighted by atomic mass is 9.97. The molecule has 0 amide bonds. The molecule has 192 valence electrons. The van der Waals surface area contributed by atoms with Crippen LogP contribution >= 0.6 is 0 Å². The van der Waals surface area contributed by atoms with E-state index in [2.05, 4.69) is 4.84 Å². The minimum absolute atomic E-state index is 0.0481. The number of carbonyl (C=O) groups excluding carboxylic acids is 2. The van der Waals surface area contributed by atoms with Crippen LogP contribution in [0.15, 0.2) is 78.9 Å². The maximum absolute atomic E-state index is 14.7. The molecule has 8 nitrogen and oxygen atoms in total. The lowest BCUT2D eigenvalue weighted by Gasteiger charge is -2.13. The third-order valence-electron chi connectivity index (χ3n) is 5.42. The molecule has 37 heavy (non-hydrogen) atoms. The van der Waals surface area contributed by atoms with Gasteiger partial charge in [0.25, 0.3) is 5.09 Å². The molecule has 0 aromatic heterocycles. The standard InChI is InChI=1S/C28H26FNO7/c1-20(23-12-15-25(26(29)19-23)22-7-3-2-4-8-22)28(32)37-24-13-9-21(10-14-24)11-16-27(31)35-17-5-6-18-36-30(33)34/h2-4,7-16,19-20H,5-6,17-18H2,1H3. The predicted octanol–water partition coefficient (Wildman–Crippen LogP) is 5.75. The summed E-state index contributed by atoms with van der Waals surface area (Å²) in [4.78, 5) is 38.6. The van der Waals surface area contributed by atoms with E-state index in [1.807, 2.05) is 30.3 Å². The second kappa shape index (κ2) is 13.5. The van der Waals surface area contributed by atoms with E-state index in [0.29, 0.717) is 35.3 Å². The number of halogens is 1. The molecule has 3 rings (SSSR count). The van der Waals surface area contributed by atoms with E-state index in [1.54, 1.807) is 49.4 Å². The van der Waals surface area contributed by atoms with Gasteiger partial charge in [0.2, 0.25) is 0 Å². The van der Waals surface area contributed by atoms with Crippen LogP contribution in [0.5, 0.6) is 5.75 Å². The van der Waals surface area contributed by atoms with Gasteiger partial charge in [-0.15, -0.1) is 10.1 Å². The van der Waals surface area contributed by atoms with Crippen molar-refractivity contribution in [2.45, 2.75) is 25.7 Å². The van der Waals surface area contributed by atoms with Gasteiger partial charge in [-0.1, -0.05) is 54.6 Å². The second-order valence-corrected chi connectivity index (χ2v) is 8.08. The third-order valence-corrected chi connectivity index (χ3v) is 5.42. The third kappa shape index (κ3) is 8.57. The van der Waals surface area contributed by atoms with Crippen LogP contribution in [0.1, 0.15) is 36.8 Å². The Morgan fingerprint density at radius 3 is 2.38 bits per heavy atom. The summed E-state index contributed by atoms with van der Waals surface area (Å²) in [7, 11) is 0. The molecule has 0 fully saturated rings. The first-order chi connectivity index (χ1) is 17.8. The molecule has 0 N–H and O–H groups in total. The smallest absolute Gasteiger partial charge is 0.330 e. The Morgan fingerprint density at radius 1 is 1.00 bits per heavy atom. The molecule has 3 aromatic rings. The fourth-order valence-corrected chi connectivity index (χ4v) is 3.37. The van der Waals surface area contributed by atoms with E-state index in [4.69, 9.17) is 9.47 Å². The molecule has 1 unspecified atom stereocenters. The van der Waals surface area contributed by atoms with E-state index in [9.17, 15) is 24.1 Å². The number of ether oxygens (including phenoxy) is 2. The van der Waals surface area contributed by atoms with Crippen LogP contribution in [0.2, 0.25) is 0 Å². The van der Waals surface area contributed by atoms with Crippen molar-refractivity contribution >= 4 is 18.0 Å². The Hall–Kier alpha value is -4.53. The molecule has 0 spiro atoms. The first kappa shape index (κ1) is 27.1. The molecule has 0 aliphatic rings. The SMILES string of the molecule is CC(C(=O)Oc1ccc(C=CC(=O)OCCCCO[N+](=O)[O-])cc1)c1ccc(-c2ccccc2)c(F)c1. The van der Waals surface area contributed by atoms with Crippen molar-refractivity contribution in [3.05, 3.63) is 106 Å². The number of hydrogen-bond acceptors (Lipinski definition) is 7. The van der Waals surface area contributed by atoms with Gasteiger partial charge in [0.15, 0.2) is 0 Å². The quantitative estimate of drug-likeness (QED) is 0.0768. The Kier molecular flexibility index (Phi) is 9.90. The molecule has 3 aromatic carbocycles. The molecule has 0 aliphatic carbocycles. The monoisotopic (exact) mass is 507 g/mol. The summed E-state index contributed by atoms with van der Waals surface area (Å²) in [5, 5.41) is 9.17. The highest BCUT2D eigenvalue weighted by Gasteiger charge is 2.19. The fraction of sp³-hybridized carbons (Fsp3) is 0.214. The molecule has 0 radical (unpaired) electrons. The maximum atomic E-state index is 14.7. The van der Waals surface area contributed by atoms with Crippen molar-refractivity contribution in [1.29, 1.82) is 0 Å². The van der Waals surface area contributed by atoms with E-state index >= 15 is 0 Å². The van der Waals surface area contributed by atoms with Crippen LogP contribution in [0.25, 0.3) is 17.2 Å². The average molecular weight is 508 g/mol. The van der Waals surface area contributed by atoms with Crippen LogP contribution in [0, 0.1) is 15.9 Å². The van der Waals surface area contributed by atoms with Crippen LogP contribution in [0.3, 0.4) is 0 Å². The van der Waals surface area contributed by atoms with Gasteiger partial charge >= 0.3 is 11.9 Å². The zero-order chi connectivity index (χ0) is 26.6. The summed E-state index contributed by atoms with van der Waals surface area (Å²) in [6, 6.07) is 20.4. The lowest BCUT2D eigenvalue weighted by molar-refractivity contribution is -0.757. The van der Waals surface area contributed by atoms with Crippen molar-refractivity contribution in [3.8, 4) is 16.9 Å². The highest BCUT2D eigenvalue weighted by atomic mass is 19.1. The summed E-state index contributed by atoms with van der Waals surface area (Å²) in [6.45, 7) is 1.72. The van der Waals surface area contributed by atoms with E-state index in [1.165, 1.54) is 12.1 Å². The molecule has 0 saturated carbocycles. The number of esters is 2. The van der Waals surface area contributed by atoms with Crippen LogP contribution in [-0.4, -0.2) is 30.2 Å². The van der Waals surface area contributed by atoms with Gasteiger partial charge in [-0.05, 0) is 60.7 Å². The molecule has 9 heteroatoms.